The monoisotopic (exact) mass is 337 g/mol. The highest BCUT2D eigenvalue weighted by atomic mass is 16.5. The number of nitrogens with one attached hydrogen (secondary N) is 1. The molecule has 0 radical (unpaired) electrons. The van der Waals surface area contributed by atoms with Gasteiger partial charge in [-0.15, -0.1) is 0 Å². The minimum absolute atomic E-state index is 0.307. The van der Waals surface area contributed by atoms with E-state index >= 15 is 0 Å². The Hall–Kier alpha value is -3.09. The van der Waals surface area contributed by atoms with Crippen LogP contribution < -0.4 is 5.32 Å². The van der Waals surface area contributed by atoms with Crippen molar-refractivity contribution < 1.29 is 9.53 Å². The van der Waals surface area contributed by atoms with Gasteiger partial charge in [-0.3, -0.25) is 5.32 Å². The molecule has 0 fully saturated rings. The molecule has 0 amide bonds. The molecule has 128 valence electrons. The average Bonchev–Trinajstić information content (AvgIpc) is 2.54. The third-order valence-electron chi connectivity index (χ3n) is 3.74. The molecule has 0 aliphatic carbocycles. The highest BCUT2D eigenvalue weighted by Gasteiger charge is 2.13. The predicted octanol–water partition coefficient (Wildman–Crippen LogP) is 3.27. The molecule has 0 atom stereocenters. The summed E-state index contributed by atoms with van der Waals surface area (Å²) < 4.78 is 4.98. The van der Waals surface area contributed by atoms with Gasteiger partial charge in [-0.25, -0.2) is 24.7 Å². The number of aromatic nitrogens is 4. The molecule has 7 nitrogen and oxygen atoms in total. The number of hydrogen-bond donors (Lipinski definition) is 1. The largest absolute Gasteiger partial charge is 0.462 e. The van der Waals surface area contributed by atoms with E-state index in [1.807, 2.05) is 32.0 Å². The van der Waals surface area contributed by atoms with Crippen molar-refractivity contribution in [3.05, 3.63) is 46.9 Å². The van der Waals surface area contributed by atoms with E-state index in [1.54, 1.807) is 13.8 Å². The molecule has 0 saturated carbocycles. The Labute approximate surface area is 145 Å². The first-order chi connectivity index (χ1) is 12.0. The van der Waals surface area contributed by atoms with Crippen LogP contribution in [0.3, 0.4) is 0 Å². The molecule has 1 aromatic carbocycles. The molecule has 0 saturated heterocycles. The molecule has 2 heterocycles. The summed E-state index contributed by atoms with van der Waals surface area (Å²) in [6.07, 6.45) is 1.45. The average molecular weight is 337 g/mol. The minimum atomic E-state index is -0.431. The number of fused-ring (bicyclic) bond motifs is 1. The van der Waals surface area contributed by atoms with Gasteiger partial charge in [0, 0.05) is 11.6 Å². The van der Waals surface area contributed by atoms with E-state index in [9.17, 15) is 4.79 Å². The van der Waals surface area contributed by atoms with E-state index in [1.165, 1.54) is 6.20 Å². The van der Waals surface area contributed by atoms with Gasteiger partial charge < -0.3 is 4.74 Å². The van der Waals surface area contributed by atoms with E-state index < -0.39 is 5.97 Å². The fourth-order valence-electron chi connectivity index (χ4n) is 2.49. The summed E-state index contributed by atoms with van der Waals surface area (Å²) in [5.41, 5.74) is 3.73. The standard InChI is InChI=1S/C18H19N5O2/c1-5-25-16(24)14-9-19-17(20-12(14)4)23-18-21-11(3)13-7-6-10(2)8-15(13)22-18/h6-9H,5H2,1-4H3,(H,19,20,21,22,23). The molecule has 0 aliphatic heterocycles. The Kier molecular flexibility index (Phi) is 4.56. The second kappa shape index (κ2) is 6.80. The SMILES string of the molecule is CCOC(=O)c1cnc(Nc2nc(C)c3ccc(C)cc3n2)nc1C. The van der Waals surface area contributed by atoms with E-state index in [-0.39, 0.29) is 0 Å². The van der Waals surface area contributed by atoms with Crippen molar-refractivity contribution in [1.29, 1.82) is 0 Å². The fourth-order valence-corrected chi connectivity index (χ4v) is 2.49. The number of hydrogen-bond acceptors (Lipinski definition) is 7. The number of aryl methyl sites for hydroxylation is 3. The van der Waals surface area contributed by atoms with E-state index in [0.29, 0.717) is 29.8 Å². The van der Waals surface area contributed by atoms with E-state index in [0.717, 1.165) is 22.2 Å². The highest BCUT2D eigenvalue weighted by molar-refractivity contribution is 5.90. The number of esters is 1. The first-order valence-electron chi connectivity index (χ1n) is 8.00. The van der Waals surface area contributed by atoms with Gasteiger partial charge in [0.2, 0.25) is 11.9 Å². The fraction of sp³-hybridized carbons (Fsp3) is 0.278. The lowest BCUT2D eigenvalue weighted by molar-refractivity contribution is 0.0524. The molecule has 3 aromatic rings. The normalized spacial score (nSPS) is 10.7. The van der Waals surface area contributed by atoms with Crippen LogP contribution in [0.25, 0.3) is 10.9 Å². The Morgan fingerprint density at radius 1 is 1.08 bits per heavy atom. The van der Waals surface area contributed by atoms with Gasteiger partial charge in [-0.05, 0) is 39.3 Å². The molecule has 25 heavy (non-hydrogen) atoms. The lowest BCUT2D eigenvalue weighted by atomic mass is 10.1. The maximum atomic E-state index is 11.8. The number of nitrogens with zero attached hydrogens (tertiary/aromatic N) is 4. The van der Waals surface area contributed by atoms with Crippen LogP contribution in [0.1, 0.15) is 34.2 Å². The highest BCUT2D eigenvalue weighted by Crippen LogP contribution is 2.20. The molecule has 0 bridgehead atoms. The van der Waals surface area contributed by atoms with Crippen molar-refractivity contribution in [3.63, 3.8) is 0 Å². The smallest absolute Gasteiger partial charge is 0.341 e. The van der Waals surface area contributed by atoms with Gasteiger partial charge in [-0.1, -0.05) is 12.1 Å². The molecular weight excluding hydrogens is 318 g/mol. The molecule has 0 aliphatic rings. The Bertz CT molecular complexity index is 956. The summed E-state index contributed by atoms with van der Waals surface area (Å²) in [7, 11) is 0. The summed E-state index contributed by atoms with van der Waals surface area (Å²) in [5.74, 6) is 0.315. The molecular formula is C18H19N5O2. The van der Waals surface area contributed by atoms with Gasteiger partial charge in [0.1, 0.15) is 0 Å². The van der Waals surface area contributed by atoms with Crippen molar-refractivity contribution in [2.24, 2.45) is 0 Å². The van der Waals surface area contributed by atoms with Gasteiger partial charge in [-0.2, -0.15) is 0 Å². The van der Waals surface area contributed by atoms with Crippen LogP contribution in [-0.4, -0.2) is 32.5 Å². The second-order valence-corrected chi connectivity index (χ2v) is 5.69. The maximum Gasteiger partial charge on any atom is 0.341 e. The predicted molar refractivity (Wildman–Crippen MR) is 95.0 cm³/mol. The zero-order chi connectivity index (χ0) is 18.0. The van der Waals surface area contributed by atoms with Gasteiger partial charge in [0.05, 0.1) is 29.1 Å². The van der Waals surface area contributed by atoms with Gasteiger partial charge in [0.15, 0.2) is 0 Å². The van der Waals surface area contributed by atoms with Crippen LogP contribution in [0, 0.1) is 20.8 Å². The second-order valence-electron chi connectivity index (χ2n) is 5.69. The number of carbonyl (C=O) groups excluding carboxylic acids is 1. The van der Waals surface area contributed by atoms with E-state index in [4.69, 9.17) is 4.74 Å². The quantitative estimate of drug-likeness (QED) is 0.731. The Morgan fingerprint density at radius 3 is 2.56 bits per heavy atom. The molecule has 1 N–H and O–H groups in total. The van der Waals surface area contributed by atoms with Crippen molar-refractivity contribution in [3.8, 4) is 0 Å². The van der Waals surface area contributed by atoms with Crippen molar-refractivity contribution in [1.82, 2.24) is 19.9 Å². The minimum Gasteiger partial charge on any atom is -0.462 e. The lowest BCUT2D eigenvalue weighted by Crippen LogP contribution is -2.10. The van der Waals surface area contributed by atoms with Crippen LogP contribution in [0.5, 0.6) is 0 Å². The van der Waals surface area contributed by atoms with Gasteiger partial charge >= 0.3 is 5.97 Å². The maximum absolute atomic E-state index is 11.8. The van der Waals surface area contributed by atoms with Crippen molar-refractivity contribution in [2.45, 2.75) is 27.7 Å². The Balaban J connectivity index is 1.91. The first-order valence-corrected chi connectivity index (χ1v) is 8.00. The van der Waals surface area contributed by atoms with Crippen LogP contribution in [0.4, 0.5) is 11.9 Å². The number of rotatable bonds is 4. The van der Waals surface area contributed by atoms with Crippen LogP contribution in [0.2, 0.25) is 0 Å². The number of ether oxygens (including phenoxy) is 1. The van der Waals surface area contributed by atoms with Crippen molar-refractivity contribution >= 4 is 28.8 Å². The van der Waals surface area contributed by atoms with Crippen LogP contribution >= 0.6 is 0 Å². The first kappa shape index (κ1) is 16.8. The summed E-state index contributed by atoms with van der Waals surface area (Å²) in [6.45, 7) is 7.74. The lowest BCUT2D eigenvalue weighted by Gasteiger charge is -2.09. The van der Waals surface area contributed by atoms with Crippen molar-refractivity contribution in [2.75, 3.05) is 11.9 Å². The summed E-state index contributed by atoms with van der Waals surface area (Å²) in [4.78, 5) is 29.2. The molecule has 0 spiro atoms. The molecule has 0 unspecified atom stereocenters. The third-order valence-corrected chi connectivity index (χ3v) is 3.74. The molecule has 7 heteroatoms. The Morgan fingerprint density at radius 2 is 1.84 bits per heavy atom. The number of carbonyl (C=O) groups is 1. The summed E-state index contributed by atoms with van der Waals surface area (Å²) >= 11 is 0. The number of benzene rings is 1. The zero-order valence-corrected chi connectivity index (χ0v) is 14.6. The van der Waals surface area contributed by atoms with Crippen LogP contribution in [-0.2, 0) is 4.74 Å². The molecule has 2 aromatic heterocycles. The third kappa shape index (κ3) is 3.55. The van der Waals surface area contributed by atoms with Gasteiger partial charge in [0.25, 0.3) is 0 Å². The van der Waals surface area contributed by atoms with E-state index in [2.05, 4.69) is 25.3 Å². The summed E-state index contributed by atoms with van der Waals surface area (Å²) in [5, 5.41) is 4.00. The molecule has 3 rings (SSSR count). The number of anilines is 2. The zero-order valence-electron chi connectivity index (χ0n) is 14.6. The topological polar surface area (TPSA) is 89.9 Å². The summed E-state index contributed by atoms with van der Waals surface area (Å²) in [6, 6.07) is 6.05. The van der Waals surface area contributed by atoms with Crippen LogP contribution in [0.15, 0.2) is 24.4 Å².